The van der Waals surface area contributed by atoms with E-state index in [1.54, 1.807) is 0 Å². The lowest BCUT2D eigenvalue weighted by atomic mass is 10.3. The molecule has 0 unspecified atom stereocenters. The Morgan fingerprint density at radius 1 is 1.57 bits per heavy atom. The molecule has 0 amide bonds. The van der Waals surface area contributed by atoms with Gasteiger partial charge < -0.3 is 9.63 Å². The van der Waals surface area contributed by atoms with Crippen LogP contribution in [-0.2, 0) is 6.54 Å². The van der Waals surface area contributed by atoms with Crippen LogP contribution in [0.4, 0.5) is 0 Å². The van der Waals surface area contributed by atoms with E-state index >= 15 is 0 Å². The van der Waals surface area contributed by atoms with E-state index in [2.05, 4.69) is 17.0 Å². The highest BCUT2D eigenvalue weighted by atomic mass is 16.5. The van der Waals surface area contributed by atoms with E-state index in [4.69, 9.17) is 9.63 Å². The Hall–Kier alpha value is -0.870. The fourth-order valence-corrected chi connectivity index (χ4v) is 1.36. The minimum Gasteiger partial charge on any atom is -0.396 e. The van der Waals surface area contributed by atoms with Gasteiger partial charge in [0.25, 0.3) is 0 Å². The summed E-state index contributed by atoms with van der Waals surface area (Å²) in [4.78, 5) is 2.23. The van der Waals surface area contributed by atoms with Crippen molar-refractivity contribution < 1.29 is 9.63 Å². The van der Waals surface area contributed by atoms with Crippen molar-refractivity contribution in [3.8, 4) is 0 Å². The molecule has 0 aliphatic heterocycles. The van der Waals surface area contributed by atoms with E-state index < -0.39 is 0 Å². The van der Waals surface area contributed by atoms with Crippen molar-refractivity contribution in [2.75, 3.05) is 19.7 Å². The van der Waals surface area contributed by atoms with Crippen LogP contribution < -0.4 is 0 Å². The SMILES string of the molecule is CCN(CCCO)Cc1cc(C)on1. The van der Waals surface area contributed by atoms with Gasteiger partial charge in [-0.1, -0.05) is 12.1 Å². The summed E-state index contributed by atoms with van der Waals surface area (Å²) in [6, 6.07) is 1.95. The quantitative estimate of drug-likeness (QED) is 0.746. The summed E-state index contributed by atoms with van der Waals surface area (Å²) >= 11 is 0. The number of aliphatic hydroxyl groups is 1. The highest BCUT2D eigenvalue weighted by Crippen LogP contribution is 2.05. The van der Waals surface area contributed by atoms with Crippen molar-refractivity contribution in [3.05, 3.63) is 17.5 Å². The lowest BCUT2D eigenvalue weighted by Gasteiger charge is -2.17. The van der Waals surface area contributed by atoms with Gasteiger partial charge in [0, 0.05) is 25.8 Å². The molecular weight excluding hydrogens is 180 g/mol. The van der Waals surface area contributed by atoms with Crippen LogP contribution in [0.3, 0.4) is 0 Å². The first-order valence-corrected chi connectivity index (χ1v) is 5.01. The van der Waals surface area contributed by atoms with Crippen molar-refractivity contribution in [1.29, 1.82) is 0 Å². The summed E-state index contributed by atoms with van der Waals surface area (Å²) in [5.74, 6) is 0.846. The first-order chi connectivity index (χ1) is 6.76. The van der Waals surface area contributed by atoms with E-state index in [-0.39, 0.29) is 6.61 Å². The number of rotatable bonds is 6. The normalized spacial score (nSPS) is 11.1. The number of aryl methyl sites for hydroxylation is 1. The lowest BCUT2D eigenvalue weighted by molar-refractivity contribution is 0.221. The van der Waals surface area contributed by atoms with E-state index in [9.17, 15) is 0 Å². The molecular formula is C10H18N2O2. The van der Waals surface area contributed by atoms with E-state index in [1.807, 2.05) is 13.0 Å². The highest BCUT2D eigenvalue weighted by Gasteiger charge is 2.06. The van der Waals surface area contributed by atoms with Crippen LogP contribution in [0.5, 0.6) is 0 Å². The van der Waals surface area contributed by atoms with E-state index in [0.29, 0.717) is 0 Å². The molecule has 1 aromatic rings. The highest BCUT2D eigenvalue weighted by molar-refractivity contribution is 5.03. The molecule has 0 radical (unpaired) electrons. The molecule has 0 bridgehead atoms. The molecule has 1 N–H and O–H groups in total. The minimum absolute atomic E-state index is 0.244. The van der Waals surface area contributed by atoms with Gasteiger partial charge in [-0.25, -0.2) is 0 Å². The van der Waals surface area contributed by atoms with Gasteiger partial charge >= 0.3 is 0 Å². The van der Waals surface area contributed by atoms with Crippen molar-refractivity contribution in [2.45, 2.75) is 26.8 Å². The summed E-state index contributed by atoms with van der Waals surface area (Å²) < 4.78 is 4.99. The van der Waals surface area contributed by atoms with Crippen LogP contribution >= 0.6 is 0 Å². The van der Waals surface area contributed by atoms with Crippen LogP contribution in [0.2, 0.25) is 0 Å². The van der Waals surface area contributed by atoms with Crippen molar-refractivity contribution in [2.24, 2.45) is 0 Å². The van der Waals surface area contributed by atoms with Gasteiger partial charge in [-0.2, -0.15) is 0 Å². The molecule has 1 heterocycles. The van der Waals surface area contributed by atoms with Crippen LogP contribution in [0.15, 0.2) is 10.6 Å². The maximum Gasteiger partial charge on any atom is 0.133 e. The number of nitrogens with zero attached hydrogens (tertiary/aromatic N) is 2. The van der Waals surface area contributed by atoms with Gasteiger partial charge in [-0.3, -0.25) is 4.90 Å². The largest absolute Gasteiger partial charge is 0.396 e. The molecule has 80 valence electrons. The van der Waals surface area contributed by atoms with Crippen LogP contribution in [0, 0.1) is 6.92 Å². The van der Waals surface area contributed by atoms with E-state index in [1.165, 1.54) is 0 Å². The fourth-order valence-electron chi connectivity index (χ4n) is 1.36. The zero-order valence-corrected chi connectivity index (χ0v) is 8.86. The standard InChI is InChI=1S/C10H18N2O2/c1-3-12(5-4-6-13)8-10-7-9(2)14-11-10/h7,13H,3-6,8H2,1-2H3. The fraction of sp³-hybridized carbons (Fsp3) is 0.700. The van der Waals surface area contributed by atoms with Crippen LogP contribution in [-0.4, -0.2) is 34.9 Å². The Kier molecular flexibility index (Phi) is 4.62. The molecule has 0 aliphatic rings. The molecule has 4 heteroatoms. The van der Waals surface area contributed by atoms with Gasteiger partial charge in [0.05, 0.1) is 5.69 Å². The molecule has 0 atom stereocenters. The van der Waals surface area contributed by atoms with Gasteiger partial charge in [0.1, 0.15) is 5.76 Å². The maximum atomic E-state index is 8.72. The molecule has 0 aliphatic carbocycles. The molecule has 0 saturated carbocycles. The molecule has 1 rings (SSSR count). The Bertz CT molecular complexity index is 260. The summed E-state index contributed by atoms with van der Waals surface area (Å²) in [5.41, 5.74) is 0.960. The average molecular weight is 198 g/mol. The lowest BCUT2D eigenvalue weighted by Crippen LogP contribution is -2.24. The van der Waals surface area contributed by atoms with E-state index in [0.717, 1.165) is 37.5 Å². The molecule has 1 aromatic heterocycles. The van der Waals surface area contributed by atoms with Crippen LogP contribution in [0.25, 0.3) is 0 Å². The number of hydrogen-bond donors (Lipinski definition) is 1. The summed E-state index contributed by atoms with van der Waals surface area (Å²) in [7, 11) is 0. The predicted octanol–water partition coefficient (Wildman–Crippen LogP) is 1.19. The topological polar surface area (TPSA) is 49.5 Å². The maximum absolute atomic E-state index is 8.72. The predicted molar refractivity (Wildman–Crippen MR) is 53.9 cm³/mol. The average Bonchev–Trinajstić information content (AvgIpc) is 2.58. The molecule has 0 saturated heterocycles. The first-order valence-electron chi connectivity index (χ1n) is 5.01. The van der Waals surface area contributed by atoms with Gasteiger partial charge in [0.2, 0.25) is 0 Å². The van der Waals surface area contributed by atoms with Crippen molar-refractivity contribution in [1.82, 2.24) is 10.1 Å². The molecule has 4 nitrogen and oxygen atoms in total. The Balaban J connectivity index is 2.40. The second kappa shape index (κ2) is 5.78. The smallest absolute Gasteiger partial charge is 0.133 e. The summed E-state index contributed by atoms with van der Waals surface area (Å²) in [6.07, 6.45) is 0.810. The first kappa shape index (κ1) is 11.2. The molecule has 0 spiro atoms. The number of aromatic nitrogens is 1. The third-order valence-electron chi connectivity index (χ3n) is 2.14. The van der Waals surface area contributed by atoms with Gasteiger partial charge in [-0.15, -0.1) is 0 Å². The number of aliphatic hydroxyl groups excluding tert-OH is 1. The summed E-state index contributed by atoms with van der Waals surface area (Å²) in [5, 5.41) is 12.7. The molecule has 0 aromatic carbocycles. The van der Waals surface area contributed by atoms with Gasteiger partial charge in [0.15, 0.2) is 0 Å². The zero-order chi connectivity index (χ0) is 10.4. The third kappa shape index (κ3) is 3.47. The van der Waals surface area contributed by atoms with Gasteiger partial charge in [-0.05, 0) is 19.9 Å². The Morgan fingerprint density at radius 2 is 2.36 bits per heavy atom. The van der Waals surface area contributed by atoms with Crippen molar-refractivity contribution in [3.63, 3.8) is 0 Å². The monoisotopic (exact) mass is 198 g/mol. The Morgan fingerprint density at radius 3 is 2.86 bits per heavy atom. The minimum atomic E-state index is 0.244. The zero-order valence-electron chi connectivity index (χ0n) is 8.86. The second-order valence-electron chi connectivity index (χ2n) is 3.37. The second-order valence-corrected chi connectivity index (χ2v) is 3.37. The Labute approximate surface area is 84.5 Å². The third-order valence-corrected chi connectivity index (χ3v) is 2.14. The van der Waals surface area contributed by atoms with Crippen molar-refractivity contribution >= 4 is 0 Å². The van der Waals surface area contributed by atoms with Crippen LogP contribution in [0.1, 0.15) is 24.8 Å². The molecule has 14 heavy (non-hydrogen) atoms. The number of hydrogen-bond acceptors (Lipinski definition) is 4. The summed E-state index contributed by atoms with van der Waals surface area (Å²) in [6.45, 7) is 6.90. The molecule has 0 fully saturated rings.